The number of aliphatic hydroxyl groups is 1. The standard InChI is InChI=1S/C30H33ClN4O4S/c1-19-10-7-8-13-21(19)17-33-28(38)25-30(2,3)40-18-35(25)29(39)24(36)23(16-20-11-5-4-6-12-20)34-27(37)22-14-9-15-32-26(22)31/h4-15,23-25,36H,16-18H2,1-3H3,(H,33,38)(H,34,37)/t23-,24-,25+/m0/s1. The molecule has 8 nitrogen and oxygen atoms in total. The Morgan fingerprint density at radius 2 is 1.80 bits per heavy atom. The lowest BCUT2D eigenvalue weighted by atomic mass is 9.97. The smallest absolute Gasteiger partial charge is 0.254 e. The number of carbonyl (C=O) groups is 3. The molecule has 3 atom stereocenters. The molecule has 1 aromatic heterocycles. The normalized spacial score (nSPS) is 17.6. The van der Waals surface area contributed by atoms with E-state index in [9.17, 15) is 19.5 Å². The van der Waals surface area contributed by atoms with E-state index in [1.165, 1.54) is 28.9 Å². The molecule has 2 aromatic carbocycles. The highest BCUT2D eigenvalue weighted by Crippen LogP contribution is 2.40. The van der Waals surface area contributed by atoms with E-state index in [4.69, 9.17) is 11.6 Å². The van der Waals surface area contributed by atoms with Crippen molar-refractivity contribution in [2.75, 3.05) is 5.88 Å². The summed E-state index contributed by atoms with van der Waals surface area (Å²) in [6.07, 6.45) is 0.0443. The fraction of sp³-hybridized carbons (Fsp3) is 0.333. The molecule has 3 amide bonds. The molecule has 3 N–H and O–H groups in total. The van der Waals surface area contributed by atoms with Crippen LogP contribution in [0, 0.1) is 6.92 Å². The number of benzene rings is 2. The van der Waals surface area contributed by atoms with Crippen LogP contribution in [0.3, 0.4) is 0 Å². The lowest BCUT2D eigenvalue weighted by Crippen LogP contribution is -2.58. The number of aromatic nitrogens is 1. The molecule has 1 aliphatic rings. The van der Waals surface area contributed by atoms with E-state index >= 15 is 0 Å². The highest BCUT2D eigenvalue weighted by atomic mass is 35.5. The topological polar surface area (TPSA) is 112 Å². The zero-order valence-electron chi connectivity index (χ0n) is 22.6. The summed E-state index contributed by atoms with van der Waals surface area (Å²) in [5.41, 5.74) is 2.99. The molecule has 4 rings (SSSR count). The minimum Gasteiger partial charge on any atom is -0.381 e. The lowest BCUT2D eigenvalue weighted by molar-refractivity contribution is -0.147. The number of rotatable bonds is 9. The Morgan fingerprint density at radius 3 is 2.50 bits per heavy atom. The van der Waals surface area contributed by atoms with E-state index in [0.717, 1.165) is 16.7 Å². The molecule has 1 aliphatic heterocycles. The van der Waals surface area contributed by atoms with Crippen molar-refractivity contribution < 1.29 is 19.5 Å². The molecule has 0 spiro atoms. The van der Waals surface area contributed by atoms with Crippen molar-refractivity contribution >= 4 is 41.1 Å². The molecule has 2 heterocycles. The summed E-state index contributed by atoms with van der Waals surface area (Å²) in [5.74, 6) is -1.27. The van der Waals surface area contributed by atoms with Gasteiger partial charge in [0.2, 0.25) is 5.91 Å². The number of halogens is 1. The minimum atomic E-state index is -1.61. The van der Waals surface area contributed by atoms with Gasteiger partial charge in [-0.15, -0.1) is 11.8 Å². The summed E-state index contributed by atoms with van der Waals surface area (Å²) < 4.78 is -0.591. The van der Waals surface area contributed by atoms with Crippen LogP contribution in [-0.2, 0) is 22.6 Å². The first kappa shape index (κ1) is 29.6. The van der Waals surface area contributed by atoms with Crippen molar-refractivity contribution in [1.82, 2.24) is 20.5 Å². The van der Waals surface area contributed by atoms with Gasteiger partial charge in [-0.3, -0.25) is 14.4 Å². The van der Waals surface area contributed by atoms with E-state index in [1.807, 2.05) is 75.4 Å². The van der Waals surface area contributed by atoms with Crippen LogP contribution >= 0.6 is 23.4 Å². The van der Waals surface area contributed by atoms with Gasteiger partial charge in [0.05, 0.1) is 17.5 Å². The molecule has 10 heteroatoms. The number of carbonyl (C=O) groups excluding carboxylic acids is 3. The van der Waals surface area contributed by atoms with Crippen LogP contribution in [0.25, 0.3) is 0 Å². The number of nitrogens with one attached hydrogen (secondary N) is 2. The zero-order valence-corrected chi connectivity index (χ0v) is 24.2. The third-order valence-electron chi connectivity index (χ3n) is 7.04. The Balaban J connectivity index is 1.55. The van der Waals surface area contributed by atoms with Crippen molar-refractivity contribution in [3.8, 4) is 0 Å². The fourth-order valence-corrected chi connectivity index (χ4v) is 6.10. The molecule has 210 valence electrons. The van der Waals surface area contributed by atoms with Crippen LogP contribution in [0.1, 0.15) is 40.9 Å². The van der Waals surface area contributed by atoms with Gasteiger partial charge in [0.15, 0.2) is 6.10 Å². The third kappa shape index (κ3) is 6.83. The first-order valence-electron chi connectivity index (χ1n) is 13.0. The second-order valence-electron chi connectivity index (χ2n) is 10.3. The van der Waals surface area contributed by atoms with Gasteiger partial charge in [0, 0.05) is 17.5 Å². The Hall–Kier alpha value is -3.40. The molecule has 0 unspecified atom stereocenters. The Labute approximate surface area is 243 Å². The number of aliphatic hydroxyl groups excluding tert-OH is 1. The van der Waals surface area contributed by atoms with E-state index in [1.54, 1.807) is 6.07 Å². The van der Waals surface area contributed by atoms with Crippen molar-refractivity contribution in [2.45, 2.75) is 56.7 Å². The second kappa shape index (κ2) is 12.8. The average Bonchev–Trinajstić information content (AvgIpc) is 3.26. The van der Waals surface area contributed by atoms with E-state index in [2.05, 4.69) is 15.6 Å². The monoisotopic (exact) mass is 580 g/mol. The summed E-state index contributed by atoms with van der Waals surface area (Å²) in [5, 5.41) is 17.1. The van der Waals surface area contributed by atoms with Crippen LogP contribution in [0.2, 0.25) is 5.15 Å². The molecular weight excluding hydrogens is 548 g/mol. The summed E-state index contributed by atoms with van der Waals surface area (Å²) in [4.78, 5) is 45.7. The van der Waals surface area contributed by atoms with Crippen LogP contribution in [0.15, 0.2) is 72.9 Å². The molecule has 3 aromatic rings. The van der Waals surface area contributed by atoms with E-state index in [-0.39, 0.29) is 28.9 Å². The van der Waals surface area contributed by atoms with Gasteiger partial charge in [0.25, 0.3) is 11.8 Å². The number of pyridine rings is 1. The maximum absolute atomic E-state index is 13.8. The quantitative estimate of drug-likeness (QED) is 0.333. The van der Waals surface area contributed by atoms with Crippen molar-refractivity contribution in [2.24, 2.45) is 0 Å². The van der Waals surface area contributed by atoms with Gasteiger partial charge in [-0.05, 0) is 56.0 Å². The van der Waals surface area contributed by atoms with Gasteiger partial charge in [-0.2, -0.15) is 0 Å². The summed E-state index contributed by atoms with van der Waals surface area (Å²) >= 11 is 7.58. The molecule has 0 aliphatic carbocycles. The van der Waals surface area contributed by atoms with Crippen LogP contribution in [0.5, 0.6) is 0 Å². The molecule has 0 saturated carbocycles. The first-order chi connectivity index (χ1) is 19.1. The number of amides is 3. The van der Waals surface area contributed by atoms with Gasteiger partial charge < -0.3 is 20.6 Å². The SMILES string of the molecule is Cc1ccccc1CNC(=O)[C@H]1N(C(=O)[C@@H](O)[C@H](Cc2ccccc2)NC(=O)c2cccnc2Cl)CSC1(C)C. The number of thioether (sulfide) groups is 1. The predicted molar refractivity (Wildman–Crippen MR) is 157 cm³/mol. The van der Waals surface area contributed by atoms with Gasteiger partial charge >= 0.3 is 0 Å². The molecule has 0 bridgehead atoms. The largest absolute Gasteiger partial charge is 0.381 e. The lowest BCUT2D eigenvalue weighted by Gasteiger charge is -2.33. The highest BCUT2D eigenvalue weighted by Gasteiger charge is 2.49. The summed E-state index contributed by atoms with van der Waals surface area (Å²) in [6, 6.07) is 18.3. The van der Waals surface area contributed by atoms with Crippen LogP contribution in [-0.4, -0.2) is 61.5 Å². The highest BCUT2D eigenvalue weighted by molar-refractivity contribution is 8.00. The molecule has 1 saturated heterocycles. The maximum atomic E-state index is 13.8. The second-order valence-corrected chi connectivity index (χ2v) is 12.2. The summed E-state index contributed by atoms with van der Waals surface area (Å²) in [6.45, 7) is 6.11. The van der Waals surface area contributed by atoms with Crippen LogP contribution < -0.4 is 10.6 Å². The first-order valence-corrected chi connectivity index (χ1v) is 14.3. The third-order valence-corrected chi connectivity index (χ3v) is 8.72. The number of aryl methyl sites for hydroxylation is 1. The van der Waals surface area contributed by atoms with Crippen molar-refractivity contribution in [3.63, 3.8) is 0 Å². The van der Waals surface area contributed by atoms with Crippen molar-refractivity contribution in [3.05, 3.63) is 100 Å². The molecule has 1 fully saturated rings. The number of hydrogen-bond acceptors (Lipinski definition) is 6. The Morgan fingerprint density at radius 1 is 1.10 bits per heavy atom. The fourth-order valence-electron chi connectivity index (χ4n) is 4.75. The number of nitrogens with zero attached hydrogens (tertiary/aromatic N) is 2. The minimum absolute atomic E-state index is 0.0161. The Kier molecular flexibility index (Phi) is 9.50. The van der Waals surface area contributed by atoms with Gasteiger partial charge in [-0.25, -0.2) is 4.98 Å². The van der Waals surface area contributed by atoms with Crippen LogP contribution in [0.4, 0.5) is 0 Å². The summed E-state index contributed by atoms with van der Waals surface area (Å²) in [7, 11) is 0. The van der Waals surface area contributed by atoms with Gasteiger partial charge in [0.1, 0.15) is 11.2 Å². The predicted octanol–water partition coefficient (Wildman–Crippen LogP) is 3.74. The maximum Gasteiger partial charge on any atom is 0.254 e. The van der Waals surface area contributed by atoms with E-state index in [0.29, 0.717) is 6.54 Å². The zero-order chi connectivity index (χ0) is 28.9. The molecule has 0 radical (unpaired) electrons. The molecular formula is C30H33ClN4O4S. The molecule has 40 heavy (non-hydrogen) atoms. The Bertz CT molecular complexity index is 1370. The van der Waals surface area contributed by atoms with E-state index < -0.39 is 34.7 Å². The number of hydrogen-bond donors (Lipinski definition) is 3. The average molecular weight is 581 g/mol. The van der Waals surface area contributed by atoms with Crippen molar-refractivity contribution in [1.29, 1.82) is 0 Å². The van der Waals surface area contributed by atoms with Gasteiger partial charge in [-0.1, -0.05) is 66.2 Å².